The smallest absolute Gasteiger partial charge is 0.408 e. The maximum Gasteiger partial charge on any atom is 0.408 e. The minimum atomic E-state index is -0.963. The van der Waals surface area contributed by atoms with Crippen molar-refractivity contribution >= 4 is 23.9 Å². The second kappa shape index (κ2) is 13.8. The summed E-state index contributed by atoms with van der Waals surface area (Å²) in [5.74, 6) is -1.16. The first-order valence-corrected chi connectivity index (χ1v) is 12.4. The molecule has 36 heavy (non-hydrogen) atoms. The highest BCUT2D eigenvalue weighted by Gasteiger charge is 2.35. The molecule has 2 atom stereocenters. The normalized spacial score (nSPS) is 12.9. The first-order chi connectivity index (χ1) is 16.7. The van der Waals surface area contributed by atoms with Crippen molar-refractivity contribution in [3.63, 3.8) is 0 Å². The third kappa shape index (κ3) is 9.87. The monoisotopic (exact) mass is 505 g/mol. The molecule has 0 aliphatic rings. The number of nitrogens with zero attached hydrogens (tertiary/aromatic N) is 1. The highest BCUT2D eigenvalue weighted by Crippen LogP contribution is 2.27. The Hall–Kier alpha value is -3.10. The van der Waals surface area contributed by atoms with Crippen molar-refractivity contribution in [3.05, 3.63) is 34.9 Å². The van der Waals surface area contributed by atoms with Crippen molar-refractivity contribution in [3.8, 4) is 0 Å². The maximum absolute atomic E-state index is 13.7. The second-order valence-electron chi connectivity index (χ2n) is 10.3. The fraction of sp³-hybridized carbons (Fsp3) is 0.630. The zero-order chi connectivity index (χ0) is 27.6. The molecule has 0 radical (unpaired) electrons. The van der Waals surface area contributed by atoms with Crippen LogP contribution in [0.3, 0.4) is 0 Å². The van der Waals surface area contributed by atoms with Crippen molar-refractivity contribution in [2.45, 2.75) is 85.9 Å². The predicted molar refractivity (Wildman–Crippen MR) is 138 cm³/mol. The molecule has 0 fully saturated rings. The van der Waals surface area contributed by atoms with Crippen molar-refractivity contribution in [2.75, 3.05) is 20.2 Å². The number of amides is 3. The number of nitrogens with one attached hydrogen (secondary N) is 2. The average Bonchev–Trinajstić information content (AvgIpc) is 2.74. The SMILES string of the molecule is CCOC(=O)CCNC(=O)C(c1cccc(C)c1C)N(C)C(=O)C(CC(C)C)NC(=O)OC(C)(C)C. The van der Waals surface area contributed by atoms with Crippen LogP contribution in [0.15, 0.2) is 18.2 Å². The van der Waals surface area contributed by atoms with Gasteiger partial charge in [0, 0.05) is 13.6 Å². The van der Waals surface area contributed by atoms with E-state index in [0.717, 1.165) is 11.1 Å². The molecule has 0 aliphatic carbocycles. The molecule has 9 nitrogen and oxygen atoms in total. The van der Waals surface area contributed by atoms with Gasteiger partial charge in [-0.05, 0) is 70.6 Å². The molecule has 0 saturated carbocycles. The Balaban J connectivity index is 3.26. The Bertz CT molecular complexity index is 923. The molecule has 0 spiro atoms. The zero-order valence-corrected chi connectivity index (χ0v) is 23.2. The molecule has 0 aliphatic heterocycles. The van der Waals surface area contributed by atoms with Gasteiger partial charge in [0.15, 0.2) is 0 Å². The number of ether oxygens (including phenoxy) is 2. The van der Waals surface area contributed by atoms with Gasteiger partial charge < -0.3 is 25.0 Å². The molecule has 0 aromatic heterocycles. The summed E-state index contributed by atoms with van der Waals surface area (Å²) >= 11 is 0. The van der Waals surface area contributed by atoms with Crippen LogP contribution in [-0.4, -0.2) is 60.6 Å². The molecule has 202 valence electrons. The van der Waals surface area contributed by atoms with E-state index in [9.17, 15) is 19.2 Å². The van der Waals surface area contributed by atoms with E-state index in [4.69, 9.17) is 9.47 Å². The lowest BCUT2D eigenvalue weighted by Gasteiger charge is -2.33. The highest BCUT2D eigenvalue weighted by molar-refractivity contribution is 5.92. The molecule has 2 unspecified atom stereocenters. The molecule has 3 amide bonds. The lowest BCUT2D eigenvalue weighted by molar-refractivity contribution is -0.143. The van der Waals surface area contributed by atoms with E-state index in [1.165, 1.54) is 4.90 Å². The van der Waals surface area contributed by atoms with Crippen molar-refractivity contribution in [1.29, 1.82) is 0 Å². The molecule has 0 saturated heterocycles. The number of likely N-dealkylation sites (N-methyl/N-ethyl adjacent to an activating group) is 1. The summed E-state index contributed by atoms with van der Waals surface area (Å²) in [5, 5.41) is 5.44. The van der Waals surface area contributed by atoms with Crippen LogP contribution in [0.25, 0.3) is 0 Å². The molecular formula is C27H43N3O6. The second-order valence-corrected chi connectivity index (χ2v) is 10.3. The van der Waals surface area contributed by atoms with E-state index in [1.807, 2.05) is 39.8 Å². The first-order valence-electron chi connectivity index (χ1n) is 12.4. The quantitative estimate of drug-likeness (QED) is 0.442. The summed E-state index contributed by atoms with van der Waals surface area (Å²) in [6, 6.07) is 3.72. The number of aryl methyl sites for hydroxylation is 1. The van der Waals surface area contributed by atoms with Gasteiger partial charge in [-0.1, -0.05) is 32.0 Å². The minimum Gasteiger partial charge on any atom is -0.466 e. The van der Waals surface area contributed by atoms with Gasteiger partial charge in [0.2, 0.25) is 11.8 Å². The molecular weight excluding hydrogens is 462 g/mol. The van der Waals surface area contributed by atoms with E-state index in [0.29, 0.717) is 12.0 Å². The number of hydrogen-bond donors (Lipinski definition) is 2. The first kappa shape index (κ1) is 30.9. The molecule has 0 heterocycles. The van der Waals surface area contributed by atoms with Crippen LogP contribution in [0.2, 0.25) is 0 Å². The van der Waals surface area contributed by atoms with Crippen LogP contribution in [0.4, 0.5) is 4.79 Å². The lowest BCUT2D eigenvalue weighted by Crippen LogP contribution is -2.52. The zero-order valence-electron chi connectivity index (χ0n) is 23.2. The number of hydrogen-bond acceptors (Lipinski definition) is 6. The summed E-state index contributed by atoms with van der Waals surface area (Å²) in [4.78, 5) is 52.6. The predicted octanol–water partition coefficient (Wildman–Crippen LogP) is 3.81. The standard InChI is InChI=1S/C27H43N3O6/c1-10-35-22(31)14-15-28-24(32)23(20-13-11-12-18(4)19(20)5)30(9)25(33)21(16-17(2)3)29-26(34)36-27(6,7)8/h11-13,17,21,23H,10,14-16H2,1-9H3,(H,28,32)(H,29,34). The van der Waals surface area contributed by atoms with E-state index >= 15 is 0 Å². The van der Waals surface area contributed by atoms with Crippen molar-refractivity contribution in [1.82, 2.24) is 15.5 Å². The minimum absolute atomic E-state index is 0.0208. The summed E-state index contributed by atoms with van der Waals surface area (Å²) in [6.07, 6.45) is -0.309. The number of alkyl carbamates (subject to hydrolysis) is 1. The lowest BCUT2D eigenvalue weighted by atomic mass is 9.94. The van der Waals surface area contributed by atoms with Gasteiger partial charge in [0.25, 0.3) is 0 Å². The Morgan fingerprint density at radius 2 is 1.72 bits per heavy atom. The Kier molecular flexibility index (Phi) is 11.9. The maximum atomic E-state index is 13.7. The van der Waals surface area contributed by atoms with Gasteiger partial charge in [-0.2, -0.15) is 0 Å². The van der Waals surface area contributed by atoms with Gasteiger partial charge in [-0.25, -0.2) is 4.79 Å². The average molecular weight is 506 g/mol. The molecule has 1 aromatic rings. The topological polar surface area (TPSA) is 114 Å². The van der Waals surface area contributed by atoms with Crippen LogP contribution < -0.4 is 10.6 Å². The Morgan fingerprint density at radius 3 is 2.28 bits per heavy atom. The number of rotatable bonds is 11. The van der Waals surface area contributed by atoms with Gasteiger partial charge in [-0.3, -0.25) is 14.4 Å². The Labute approximate surface area is 215 Å². The fourth-order valence-corrected chi connectivity index (χ4v) is 3.73. The van der Waals surface area contributed by atoms with Gasteiger partial charge in [-0.15, -0.1) is 0 Å². The third-order valence-electron chi connectivity index (χ3n) is 5.55. The summed E-state index contributed by atoms with van der Waals surface area (Å²) in [6.45, 7) is 15.0. The highest BCUT2D eigenvalue weighted by atomic mass is 16.6. The van der Waals surface area contributed by atoms with Gasteiger partial charge in [0.1, 0.15) is 17.7 Å². The van der Waals surface area contributed by atoms with E-state index in [-0.39, 0.29) is 25.5 Å². The van der Waals surface area contributed by atoms with Gasteiger partial charge >= 0.3 is 12.1 Å². The van der Waals surface area contributed by atoms with Crippen LogP contribution in [0.1, 0.15) is 77.1 Å². The summed E-state index contributed by atoms with van der Waals surface area (Å²) in [5.41, 5.74) is 1.80. The number of esters is 1. The summed E-state index contributed by atoms with van der Waals surface area (Å²) in [7, 11) is 1.55. The number of carbonyl (C=O) groups is 4. The van der Waals surface area contributed by atoms with Gasteiger partial charge in [0.05, 0.1) is 13.0 Å². The van der Waals surface area contributed by atoms with Crippen molar-refractivity contribution < 1.29 is 28.7 Å². The van der Waals surface area contributed by atoms with E-state index in [1.54, 1.807) is 40.8 Å². The van der Waals surface area contributed by atoms with Crippen LogP contribution in [0.5, 0.6) is 0 Å². The van der Waals surface area contributed by atoms with Crippen LogP contribution in [-0.2, 0) is 23.9 Å². The van der Waals surface area contributed by atoms with E-state index in [2.05, 4.69) is 10.6 Å². The fourth-order valence-electron chi connectivity index (χ4n) is 3.73. The summed E-state index contributed by atoms with van der Waals surface area (Å²) < 4.78 is 10.3. The Morgan fingerprint density at radius 1 is 1.08 bits per heavy atom. The molecule has 9 heteroatoms. The molecule has 2 N–H and O–H groups in total. The number of benzene rings is 1. The molecule has 1 rings (SSSR count). The van der Waals surface area contributed by atoms with Crippen LogP contribution in [0, 0.1) is 19.8 Å². The molecule has 0 bridgehead atoms. The third-order valence-corrected chi connectivity index (χ3v) is 5.55. The largest absolute Gasteiger partial charge is 0.466 e. The van der Waals surface area contributed by atoms with E-state index < -0.39 is 41.6 Å². The van der Waals surface area contributed by atoms with Crippen LogP contribution >= 0.6 is 0 Å². The van der Waals surface area contributed by atoms with Crippen molar-refractivity contribution in [2.24, 2.45) is 5.92 Å². The number of carbonyl (C=O) groups excluding carboxylic acids is 4. The molecule has 1 aromatic carbocycles.